The molecule has 0 amide bonds. The molecule has 3 saturated carbocycles. The molecule has 0 aliphatic heterocycles. The van der Waals surface area contributed by atoms with Crippen molar-refractivity contribution >= 4 is 12.0 Å². The summed E-state index contributed by atoms with van der Waals surface area (Å²) in [7, 11) is 0. The third-order valence-corrected chi connectivity index (χ3v) is 6.17. The van der Waals surface area contributed by atoms with E-state index in [2.05, 4.69) is 13.8 Å². The standard InChI is InChI=1S/C19H22O2/c1-18-11-14-10-15(19(2,12-18)17(14)18)21-16(20)9-8-13-6-4-3-5-7-13/h3-9,14-15,17H,10-12H2,1-2H3/b9-8+. The monoisotopic (exact) mass is 282 g/mol. The fraction of sp³-hybridized carbons (Fsp3) is 0.526. The molecule has 4 rings (SSSR count). The van der Waals surface area contributed by atoms with Gasteiger partial charge in [0.25, 0.3) is 0 Å². The average Bonchev–Trinajstić information content (AvgIpc) is 2.53. The molecule has 3 aliphatic rings. The highest BCUT2D eigenvalue weighted by molar-refractivity contribution is 5.87. The highest BCUT2D eigenvalue weighted by Crippen LogP contribution is 2.79. The zero-order chi connectivity index (χ0) is 14.7. The van der Waals surface area contributed by atoms with Gasteiger partial charge in [-0.1, -0.05) is 44.2 Å². The van der Waals surface area contributed by atoms with Gasteiger partial charge >= 0.3 is 5.97 Å². The summed E-state index contributed by atoms with van der Waals surface area (Å²) in [6.07, 6.45) is 7.15. The second-order valence-corrected chi connectivity index (χ2v) is 7.68. The van der Waals surface area contributed by atoms with Gasteiger partial charge in [-0.3, -0.25) is 0 Å². The third kappa shape index (κ3) is 1.81. The summed E-state index contributed by atoms with van der Waals surface area (Å²) in [4.78, 5) is 12.1. The number of carbonyl (C=O) groups is 1. The lowest BCUT2D eigenvalue weighted by atomic mass is 9.37. The van der Waals surface area contributed by atoms with Crippen molar-refractivity contribution in [3.63, 3.8) is 0 Å². The molecule has 110 valence electrons. The van der Waals surface area contributed by atoms with Crippen LogP contribution in [0.15, 0.2) is 36.4 Å². The number of esters is 1. The fourth-order valence-electron chi connectivity index (χ4n) is 5.79. The van der Waals surface area contributed by atoms with Crippen molar-refractivity contribution in [1.82, 2.24) is 0 Å². The van der Waals surface area contributed by atoms with Gasteiger partial charge < -0.3 is 4.74 Å². The topological polar surface area (TPSA) is 26.3 Å². The van der Waals surface area contributed by atoms with Crippen LogP contribution in [0.25, 0.3) is 6.08 Å². The average molecular weight is 282 g/mol. The van der Waals surface area contributed by atoms with Crippen molar-refractivity contribution in [2.75, 3.05) is 0 Å². The second kappa shape index (κ2) is 4.22. The predicted octanol–water partition coefficient (Wildman–Crippen LogP) is 4.07. The number of ether oxygens (including phenoxy) is 1. The Morgan fingerprint density at radius 3 is 2.71 bits per heavy atom. The van der Waals surface area contributed by atoms with E-state index >= 15 is 0 Å². The molecule has 2 nitrogen and oxygen atoms in total. The minimum Gasteiger partial charge on any atom is -0.459 e. The van der Waals surface area contributed by atoms with Gasteiger partial charge in [0.15, 0.2) is 0 Å². The molecule has 0 saturated heterocycles. The maximum atomic E-state index is 12.1. The van der Waals surface area contributed by atoms with Crippen molar-refractivity contribution < 1.29 is 9.53 Å². The normalized spacial score (nSPS) is 43.0. The molecule has 0 N–H and O–H groups in total. The van der Waals surface area contributed by atoms with Gasteiger partial charge in [-0.2, -0.15) is 0 Å². The Balaban J connectivity index is 1.41. The van der Waals surface area contributed by atoms with Gasteiger partial charge in [-0.25, -0.2) is 4.79 Å². The Morgan fingerprint density at radius 2 is 2.05 bits per heavy atom. The second-order valence-electron chi connectivity index (χ2n) is 7.68. The molecule has 0 heterocycles. The Labute approximate surface area is 126 Å². The Bertz CT molecular complexity index is 605. The van der Waals surface area contributed by atoms with E-state index in [0.29, 0.717) is 5.41 Å². The number of hydrogen-bond donors (Lipinski definition) is 0. The first-order chi connectivity index (χ1) is 10.0. The van der Waals surface area contributed by atoms with Crippen LogP contribution in [-0.4, -0.2) is 12.1 Å². The highest BCUT2D eigenvalue weighted by Gasteiger charge is 2.75. The van der Waals surface area contributed by atoms with Crippen LogP contribution >= 0.6 is 0 Å². The summed E-state index contributed by atoms with van der Waals surface area (Å²) in [5.74, 6) is 1.39. The van der Waals surface area contributed by atoms with Crippen LogP contribution in [0.5, 0.6) is 0 Å². The number of hydrogen-bond acceptors (Lipinski definition) is 2. The van der Waals surface area contributed by atoms with E-state index in [1.165, 1.54) is 12.8 Å². The highest BCUT2D eigenvalue weighted by atomic mass is 16.5. The molecule has 0 aromatic heterocycles. The van der Waals surface area contributed by atoms with Crippen molar-refractivity contribution in [2.24, 2.45) is 22.7 Å². The quantitative estimate of drug-likeness (QED) is 0.617. The van der Waals surface area contributed by atoms with Crippen LogP contribution in [0.4, 0.5) is 0 Å². The first-order valence-corrected chi connectivity index (χ1v) is 7.95. The Kier molecular flexibility index (Phi) is 2.64. The van der Waals surface area contributed by atoms with E-state index in [0.717, 1.165) is 23.8 Å². The molecule has 1 aromatic rings. The molecule has 3 fully saturated rings. The lowest BCUT2D eigenvalue weighted by molar-refractivity contribution is -0.213. The molecule has 0 radical (unpaired) electrons. The van der Waals surface area contributed by atoms with Gasteiger partial charge in [0.1, 0.15) is 6.10 Å². The first-order valence-electron chi connectivity index (χ1n) is 7.95. The summed E-state index contributed by atoms with van der Waals surface area (Å²) < 4.78 is 5.79. The Morgan fingerprint density at radius 1 is 1.29 bits per heavy atom. The van der Waals surface area contributed by atoms with Crippen LogP contribution in [0.2, 0.25) is 0 Å². The molecule has 5 atom stereocenters. The van der Waals surface area contributed by atoms with Crippen LogP contribution < -0.4 is 0 Å². The summed E-state index contributed by atoms with van der Waals surface area (Å²) in [5, 5.41) is 0. The largest absolute Gasteiger partial charge is 0.459 e. The predicted molar refractivity (Wildman–Crippen MR) is 82.4 cm³/mol. The van der Waals surface area contributed by atoms with E-state index in [4.69, 9.17) is 4.74 Å². The number of benzene rings is 1. The van der Waals surface area contributed by atoms with Gasteiger partial charge in [-0.05, 0) is 48.2 Å². The van der Waals surface area contributed by atoms with E-state index in [9.17, 15) is 4.79 Å². The van der Waals surface area contributed by atoms with Crippen LogP contribution in [-0.2, 0) is 9.53 Å². The van der Waals surface area contributed by atoms with Gasteiger partial charge in [0, 0.05) is 11.5 Å². The lowest BCUT2D eigenvalue weighted by Gasteiger charge is -2.67. The van der Waals surface area contributed by atoms with Crippen molar-refractivity contribution in [3.05, 3.63) is 42.0 Å². The van der Waals surface area contributed by atoms with E-state index in [-0.39, 0.29) is 17.5 Å². The van der Waals surface area contributed by atoms with Crippen LogP contribution in [0, 0.1) is 22.7 Å². The third-order valence-electron chi connectivity index (χ3n) is 6.17. The SMILES string of the molecule is CC12CC3CC(OC(=O)/C=C/c4ccccc4)C(C)(C1)C32. The minimum atomic E-state index is -0.194. The van der Waals surface area contributed by atoms with Crippen molar-refractivity contribution in [1.29, 1.82) is 0 Å². The van der Waals surface area contributed by atoms with E-state index in [1.807, 2.05) is 36.4 Å². The molecule has 5 unspecified atom stereocenters. The fourth-order valence-corrected chi connectivity index (χ4v) is 5.79. The maximum absolute atomic E-state index is 12.1. The zero-order valence-electron chi connectivity index (χ0n) is 12.7. The lowest BCUT2D eigenvalue weighted by Crippen LogP contribution is -2.62. The first kappa shape index (κ1) is 13.1. The van der Waals surface area contributed by atoms with Gasteiger partial charge in [0.2, 0.25) is 0 Å². The molecule has 0 spiro atoms. The minimum absolute atomic E-state index is 0.121. The van der Waals surface area contributed by atoms with E-state index < -0.39 is 0 Å². The molecule has 0 bridgehead atoms. The maximum Gasteiger partial charge on any atom is 0.331 e. The Hall–Kier alpha value is -1.57. The number of carbonyl (C=O) groups excluding carboxylic acids is 1. The van der Waals surface area contributed by atoms with Crippen LogP contribution in [0.3, 0.4) is 0 Å². The summed E-state index contributed by atoms with van der Waals surface area (Å²) in [5.41, 5.74) is 1.83. The molecule has 3 aliphatic carbocycles. The van der Waals surface area contributed by atoms with Gasteiger partial charge in [-0.15, -0.1) is 0 Å². The molecule has 1 aromatic carbocycles. The summed E-state index contributed by atoms with van der Waals surface area (Å²) in [6.45, 7) is 4.72. The van der Waals surface area contributed by atoms with Gasteiger partial charge in [0.05, 0.1) is 0 Å². The molecular formula is C19H22O2. The summed E-state index contributed by atoms with van der Waals surface area (Å²) >= 11 is 0. The molecular weight excluding hydrogens is 260 g/mol. The molecule has 21 heavy (non-hydrogen) atoms. The smallest absolute Gasteiger partial charge is 0.331 e. The zero-order valence-corrected chi connectivity index (χ0v) is 12.7. The summed E-state index contributed by atoms with van der Waals surface area (Å²) in [6, 6.07) is 9.88. The van der Waals surface area contributed by atoms with Crippen LogP contribution in [0.1, 0.15) is 38.7 Å². The number of rotatable bonds is 3. The van der Waals surface area contributed by atoms with E-state index in [1.54, 1.807) is 6.08 Å². The molecule has 2 heteroatoms. The van der Waals surface area contributed by atoms with Crippen molar-refractivity contribution in [3.8, 4) is 0 Å². The van der Waals surface area contributed by atoms with Crippen molar-refractivity contribution in [2.45, 2.75) is 39.2 Å².